The van der Waals surface area contributed by atoms with Crippen LogP contribution in [0.5, 0.6) is 0 Å². The van der Waals surface area contributed by atoms with Gasteiger partial charge in [0.15, 0.2) is 0 Å². The molecule has 0 bridgehead atoms. The van der Waals surface area contributed by atoms with Crippen molar-refractivity contribution in [1.82, 2.24) is 5.32 Å². The third-order valence-electron chi connectivity index (χ3n) is 2.47. The quantitative estimate of drug-likeness (QED) is 0.773. The van der Waals surface area contributed by atoms with Gasteiger partial charge in [0.1, 0.15) is 6.61 Å². The smallest absolute Gasteiger partial charge is 0.246 e. The third kappa shape index (κ3) is 8.16. The zero-order chi connectivity index (χ0) is 13.7. The predicted octanol–water partition coefficient (Wildman–Crippen LogP) is 1.68. The number of nitrogens with two attached hydrogens (primary N) is 1. The van der Waals surface area contributed by atoms with Gasteiger partial charge in [-0.05, 0) is 39.2 Å². The predicted molar refractivity (Wildman–Crippen MR) is 70.8 cm³/mol. The highest BCUT2D eigenvalue weighted by atomic mass is 16.5. The van der Waals surface area contributed by atoms with Crippen LogP contribution in [0.2, 0.25) is 0 Å². The normalized spacial score (nSPS) is 14.5. The van der Waals surface area contributed by atoms with E-state index in [0.29, 0.717) is 6.54 Å². The second-order valence-electron chi connectivity index (χ2n) is 6.46. The van der Waals surface area contributed by atoms with E-state index in [-0.39, 0.29) is 29.6 Å². The summed E-state index contributed by atoms with van der Waals surface area (Å²) in [6, 6.07) is 0.0866. The monoisotopic (exact) mass is 244 g/mol. The van der Waals surface area contributed by atoms with Gasteiger partial charge in [0.25, 0.3) is 0 Å². The number of amides is 1. The van der Waals surface area contributed by atoms with E-state index in [2.05, 4.69) is 26.1 Å². The number of hydrogen-bond donors (Lipinski definition) is 2. The Balaban J connectivity index is 4.23. The van der Waals surface area contributed by atoms with Crippen LogP contribution in [0.25, 0.3) is 0 Å². The van der Waals surface area contributed by atoms with E-state index in [1.807, 2.05) is 20.8 Å². The van der Waals surface area contributed by atoms with Gasteiger partial charge in [0.2, 0.25) is 5.91 Å². The first kappa shape index (κ1) is 16.4. The fourth-order valence-electron chi connectivity index (χ4n) is 1.41. The fourth-order valence-corrected chi connectivity index (χ4v) is 1.41. The number of hydrogen-bond acceptors (Lipinski definition) is 3. The Labute approximate surface area is 105 Å². The van der Waals surface area contributed by atoms with Crippen molar-refractivity contribution in [3.8, 4) is 0 Å². The van der Waals surface area contributed by atoms with Crippen LogP contribution in [0, 0.1) is 5.41 Å². The van der Waals surface area contributed by atoms with Crippen molar-refractivity contribution in [2.45, 2.75) is 59.6 Å². The van der Waals surface area contributed by atoms with Gasteiger partial charge in [-0.1, -0.05) is 20.8 Å². The summed E-state index contributed by atoms with van der Waals surface area (Å²) in [6.45, 7) is 12.8. The summed E-state index contributed by atoms with van der Waals surface area (Å²) >= 11 is 0. The Morgan fingerprint density at radius 1 is 1.24 bits per heavy atom. The number of ether oxygens (including phenoxy) is 1. The van der Waals surface area contributed by atoms with E-state index in [1.165, 1.54) is 0 Å². The Bertz CT molecular complexity index is 239. The summed E-state index contributed by atoms with van der Waals surface area (Å²) < 4.78 is 5.44. The first-order valence-corrected chi connectivity index (χ1v) is 6.19. The van der Waals surface area contributed by atoms with Crippen LogP contribution in [0.4, 0.5) is 0 Å². The average molecular weight is 244 g/mol. The second kappa shape index (κ2) is 6.36. The van der Waals surface area contributed by atoms with Crippen molar-refractivity contribution in [3.05, 3.63) is 0 Å². The molecule has 3 N–H and O–H groups in total. The highest BCUT2D eigenvalue weighted by molar-refractivity contribution is 5.77. The van der Waals surface area contributed by atoms with Crippen molar-refractivity contribution in [2.24, 2.45) is 11.1 Å². The SMILES string of the molecule is CC(C)(C)OCC(=O)NC(CCN)C(C)(C)C. The highest BCUT2D eigenvalue weighted by Crippen LogP contribution is 2.21. The van der Waals surface area contributed by atoms with Crippen molar-refractivity contribution < 1.29 is 9.53 Å². The van der Waals surface area contributed by atoms with Crippen LogP contribution in [0.15, 0.2) is 0 Å². The van der Waals surface area contributed by atoms with Gasteiger partial charge in [0.05, 0.1) is 5.60 Å². The molecule has 1 atom stereocenters. The molecule has 0 aliphatic rings. The summed E-state index contributed by atoms with van der Waals surface area (Å²) in [6.07, 6.45) is 0.782. The zero-order valence-electron chi connectivity index (χ0n) is 12.1. The van der Waals surface area contributed by atoms with E-state index in [9.17, 15) is 4.79 Å². The van der Waals surface area contributed by atoms with Gasteiger partial charge in [0, 0.05) is 6.04 Å². The molecule has 0 radical (unpaired) electrons. The number of carbonyl (C=O) groups excluding carboxylic acids is 1. The summed E-state index contributed by atoms with van der Waals surface area (Å²) in [5.74, 6) is -0.0756. The largest absolute Gasteiger partial charge is 0.366 e. The third-order valence-corrected chi connectivity index (χ3v) is 2.47. The molecule has 0 saturated carbocycles. The van der Waals surface area contributed by atoms with E-state index in [1.54, 1.807) is 0 Å². The maximum atomic E-state index is 11.7. The molecule has 0 aromatic carbocycles. The number of nitrogens with one attached hydrogen (secondary N) is 1. The van der Waals surface area contributed by atoms with Crippen LogP contribution >= 0.6 is 0 Å². The Morgan fingerprint density at radius 3 is 2.12 bits per heavy atom. The molecule has 1 unspecified atom stereocenters. The van der Waals surface area contributed by atoms with Crippen LogP contribution < -0.4 is 11.1 Å². The van der Waals surface area contributed by atoms with Crippen molar-refractivity contribution in [3.63, 3.8) is 0 Å². The minimum atomic E-state index is -0.289. The van der Waals surface area contributed by atoms with Crippen LogP contribution in [0.3, 0.4) is 0 Å². The van der Waals surface area contributed by atoms with Gasteiger partial charge >= 0.3 is 0 Å². The highest BCUT2D eigenvalue weighted by Gasteiger charge is 2.25. The molecular formula is C13H28N2O2. The standard InChI is InChI=1S/C13H28N2O2/c1-12(2,3)10(7-8-14)15-11(16)9-17-13(4,5)6/h10H,7-9,14H2,1-6H3,(H,15,16). The molecule has 4 nitrogen and oxygen atoms in total. The maximum absolute atomic E-state index is 11.7. The maximum Gasteiger partial charge on any atom is 0.246 e. The first-order chi connectivity index (χ1) is 7.56. The van der Waals surface area contributed by atoms with Gasteiger partial charge < -0.3 is 15.8 Å². The van der Waals surface area contributed by atoms with Crippen molar-refractivity contribution in [2.75, 3.05) is 13.2 Å². The lowest BCUT2D eigenvalue weighted by Gasteiger charge is -2.31. The number of rotatable bonds is 5. The van der Waals surface area contributed by atoms with Gasteiger partial charge in [-0.15, -0.1) is 0 Å². The molecule has 0 aliphatic heterocycles. The summed E-state index contributed by atoms with van der Waals surface area (Å²) in [7, 11) is 0. The molecule has 0 aromatic rings. The second-order valence-corrected chi connectivity index (χ2v) is 6.46. The van der Waals surface area contributed by atoms with E-state index >= 15 is 0 Å². The van der Waals surface area contributed by atoms with Gasteiger partial charge in [-0.2, -0.15) is 0 Å². The summed E-state index contributed by atoms with van der Waals surface area (Å²) in [5, 5.41) is 2.99. The number of carbonyl (C=O) groups is 1. The minimum absolute atomic E-state index is 0.0107. The Morgan fingerprint density at radius 2 is 1.76 bits per heavy atom. The molecule has 0 spiro atoms. The lowest BCUT2D eigenvalue weighted by atomic mass is 9.85. The van der Waals surface area contributed by atoms with Gasteiger partial charge in [-0.3, -0.25) is 4.79 Å². The first-order valence-electron chi connectivity index (χ1n) is 6.19. The molecule has 0 fully saturated rings. The Hall–Kier alpha value is -0.610. The molecule has 0 saturated heterocycles. The van der Waals surface area contributed by atoms with Gasteiger partial charge in [-0.25, -0.2) is 0 Å². The fraction of sp³-hybridized carbons (Fsp3) is 0.923. The summed E-state index contributed by atoms with van der Waals surface area (Å²) in [4.78, 5) is 11.7. The lowest BCUT2D eigenvalue weighted by Crippen LogP contribution is -2.46. The molecule has 17 heavy (non-hydrogen) atoms. The van der Waals surface area contributed by atoms with Crippen LogP contribution in [-0.2, 0) is 9.53 Å². The van der Waals surface area contributed by atoms with E-state index in [0.717, 1.165) is 6.42 Å². The molecule has 0 heterocycles. The molecule has 0 aromatic heterocycles. The van der Waals surface area contributed by atoms with Crippen LogP contribution in [-0.4, -0.2) is 30.7 Å². The molecule has 0 rings (SSSR count). The molecular weight excluding hydrogens is 216 g/mol. The van der Waals surface area contributed by atoms with E-state index < -0.39 is 0 Å². The van der Waals surface area contributed by atoms with Crippen molar-refractivity contribution >= 4 is 5.91 Å². The summed E-state index contributed by atoms with van der Waals surface area (Å²) in [5.41, 5.74) is 5.28. The molecule has 4 heteroatoms. The Kier molecular flexibility index (Phi) is 6.13. The topological polar surface area (TPSA) is 64.3 Å². The minimum Gasteiger partial charge on any atom is -0.366 e. The van der Waals surface area contributed by atoms with Crippen molar-refractivity contribution in [1.29, 1.82) is 0 Å². The zero-order valence-corrected chi connectivity index (χ0v) is 12.1. The van der Waals surface area contributed by atoms with Crippen LogP contribution in [0.1, 0.15) is 48.0 Å². The molecule has 102 valence electrons. The molecule has 1 amide bonds. The molecule has 0 aliphatic carbocycles. The van der Waals surface area contributed by atoms with E-state index in [4.69, 9.17) is 10.5 Å². The lowest BCUT2D eigenvalue weighted by molar-refractivity contribution is -0.132. The average Bonchev–Trinajstić information content (AvgIpc) is 2.11.